The Morgan fingerprint density at radius 3 is 2.91 bits per heavy atom. The fourth-order valence-electron chi connectivity index (χ4n) is 2.45. The van der Waals surface area contributed by atoms with Crippen molar-refractivity contribution in [1.82, 2.24) is 14.5 Å². The summed E-state index contributed by atoms with van der Waals surface area (Å²) in [7, 11) is 0. The van der Waals surface area contributed by atoms with Gasteiger partial charge in [-0.2, -0.15) is 0 Å². The van der Waals surface area contributed by atoms with Crippen LogP contribution in [0.1, 0.15) is 6.92 Å². The van der Waals surface area contributed by atoms with Crippen LogP contribution < -0.4 is 0 Å². The summed E-state index contributed by atoms with van der Waals surface area (Å²) in [5.41, 5.74) is 0.691. The summed E-state index contributed by atoms with van der Waals surface area (Å²) < 4.78 is 20.5. The van der Waals surface area contributed by atoms with E-state index in [1.165, 1.54) is 23.9 Å². The summed E-state index contributed by atoms with van der Waals surface area (Å²) in [6.07, 6.45) is 3.42. The lowest BCUT2D eigenvalue weighted by Crippen LogP contribution is -2.44. The molecule has 1 unspecified atom stereocenters. The van der Waals surface area contributed by atoms with Crippen molar-refractivity contribution in [3.63, 3.8) is 0 Å². The Morgan fingerprint density at radius 2 is 2.17 bits per heavy atom. The van der Waals surface area contributed by atoms with Gasteiger partial charge in [-0.05, 0) is 25.1 Å². The van der Waals surface area contributed by atoms with Crippen molar-refractivity contribution in [3.8, 4) is 5.69 Å². The number of benzene rings is 1. The number of aromatic nitrogens is 2. The third-order valence-corrected chi connectivity index (χ3v) is 4.71. The van der Waals surface area contributed by atoms with Gasteiger partial charge < -0.3 is 9.64 Å². The Kier molecular flexibility index (Phi) is 4.97. The average Bonchev–Trinajstić information content (AvgIpc) is 3.03. The Bertz CT molecular complexity index is 685. The molecule has 3 rings (SSSR count). The number of rotatable bonds is 4. The second kappa shape index (κ2) is 7.14. The van der Waals surface area contributed by atoms with Crippen molar-refractivity contribution in [2.45, 2.75) is 17.3 Å². The van der Waals surface area contributed by atoms with Gasteiger partial charge in [-0.1, -0.05) is 17.8 Å². The maximum Gasteiger partial charge on any atom is 0.236 e. The monoisotopic (exact) mass is 335 g/mol. The summed E-state index contributed by atoms with van der Waals surface area (Å²) in [5, 5.41) is 0.410. The van der Waals surface area contributed by atoms with Crippen LogP contribution in [0.25, 0.3) is 5.69 Å². The summed E-state index contributed by atoms with van der Waals surface area (Å²) >= 11 is 1.38. The van der Waals surface area contributed by atoms with Crippen LogP contribution in [0.4, 0.5) is 4.39 Å². The first-order chi connectivity index (χ1) is 11.1. The van der Waals surface area contributed by atoms with E-state index in [9.17, 15) is 9.18 Å². The molecule has 1 aliphatic rings. The fraction of sp³-hybridized carbons (Fsp3) is 0.375. The number of carbonyl (C=O) groups is 1. The van der Waals surface area contributed by atoms with Gasteiger partial charge in [-0.15, -0.1) is 0 Å². The van der Waals surface area contributed by atoms with Crippen molar-refractivity contribution in [2.75, 3.05) is 26.3 Å². The highest BCUT2D eigenvalue weighted by atomic mass is 32.2. The molecule has 0 N–H and O–H groups in total. The quantitative estimate of drug-likeness (QED) is 0.805. The molecule has 0 saturated carbocycles. The van der Waals surface area contributed by atoms with Gasteiger partial charge in [0.25, 0.3) is 0 Å². The molecule has 0 spiro atoms. The highest BCUT2D eigenvalue weighted by Gasteiger charge is 2.24. The minimum Gasteiger partial charge on any atom is -0.378 e. The molecule has 1 atom stereocenters. The summed E-state index contributed by atoms with van der Waals surface area (Å²) in [6.45, 7) is 4.29. The first kappa shape index (κ1) is 16.0. The summed E-state index contributed by atoms with van der Waals surface area (Å²) in [6, 6.07) is 6.31. The number of ether oxygens (including phenoxy) is 1. The lowest BCUT2D eigenvalue weighted by Gasteiger charge is -2.28. The predicted octanol–water partition coefficient (Wildman–Crippen LogP) is 2.35. The molecule has 1 fully saturated rings. The lowest BCUT2D eigenvalue weighted by atomic mass is 10.3. The van der Waals surface area contributed by atoms with Gasteiger partial charge in [0.1, 0.15) is 5.82 Å². The molecule has 23 heavy (non-hydrogen) atoms. The number of imidazole rings is 1. The van der Waals surface area contributed by atoms with Crippen molar-refractivity contribution >= 4 is 17.7 Å². The van der Waals surface area contributed by atoms with E-state index in [2.05, 4.69) is 4.98 Å². The van der Waals surface area contributed by atoms with E-state index >= 15 is 0 Å². The molecule has 0 bridgehead atoms. The first-order valence-corrected chi connectivity index (χ1v) is 8.35. The molecular weight excluding hydrogens is 317 g/mol. The third kappa shape index (κ3) is 3.73. The number of amides is 1. The molecule has 122 valence electrons. The first-order valence-electron chi connectivity index (χ1n) is 7.47. The minimum absolute atomic E-state index is 0.0760. The van der Waals surface area contributed by atoms with Gasteiger partial charge >= 0.3 is 0 Å². The molecule has 5 nitrogen and oxygen atoms in total. The molecule has 2 aromatic rings. The minimum atomic E-state index is -0.301. The van der Waals surface area contributed by atoms with Crippen molar-refractivity contribution < 1.29 is 13.9 Å². The Hall–Kier alpha value is -1.86. The van der Waals surface area contributed by atoms with Crippen molar-refractivity contribution in [3.05, 3.63) is 42.5 Å². The molecular formula is C16H18FN3O2S. The number of halogens is 1. The van der Waals surface area contributed by atoms with Crippen LogP contribution >= 0.6 is 11.8 Å². The normalized spacial score (nSPS) is 16.3. The average molecular weight is 335 g/mol. The molecule has 1 aromatic heterocycles. The molecule has 1 saturated heterocycles. The van der Waals surface area contributed by atoms with Crippen molar-refractivity contribution in [2.24, 2.45) is 0 Å². The van der Waals surface area contributed by atoms with Crippen LogP contribution in [-0.4, -0.2) is 51.9 Å². The van der Waals surface area contributed by atoms with Crippen LogP contribution in [0.3, 0.4) is 0 Å². The van der Waals surface area contributed by atoms with Gasteiger partial charge in [0.15, 0.2) is 5.16 Å². The molecule has 7 heteroatoms. The zero-order valence-electron chi connectivity index (χ0n) is 12.8. The summed E-state index contributed by atoms with van der Waals surface area (Å²) in [4.78, 5) is 18.6. The number of hydrogen-bond donors (Lipinski definition) is 0. The molecule has 0 aliphatic carbocycles. The Morgan fingerprint density at radius 1 is 1.39 bits per heavy atom. The molecule has 2 heterocycles. The van der Waals surface area contributed by atoms with Gasteiger partial charge in [0, 0.05) is 25.5 Å². The SMILES string of the molecule is CC(Sc1nccn1-c1cccc(F)c1)C(=O)N1CCOCC1. The van der Waals surface area contributed by atoms with Crippen LogP contribution in [0, 0.1) is 5.82 Å². The largest absolute Gasteiger partial charge is 0.378 e. The maximum atomic E-state index is 13.4. The molecule has 1 amide bonds. The van der Waals surface area contributed by atoms with Crippen molar-refractivity contribution in [1.29, 1.82) is 0 Å². The highest BCUT2D eigenvalue weighted by molar-refractivity contribution is 8.00. The highest BCUT2D eigenvalue weighted by Crippen LogP contribution is 2.26. The Labute approximate surface area is 138 Å². The van der Waals surface area contributed by atoms with Crippen LogP contribution in [0.15, 0.2) is 41.8 Å². The van der Waals surface area contributed by atoms with Gasteiger partial charge in [-0.3, -0.25) is 9.36 Å². The van der Waals surface area contributed by atoms with Gasteiger partial charge in [0.05, 0.1) is 24.2 Å². The fourth-order valence-corrected chi connectivity index (χ4v) is 3.42. The van der Waals surface area contributed by atoms with Crippen LogP contribution in [0.2, 0.25) is 0 Å². The predicted molar refractivity (Wildman–Crippen MR) is 86.2 cm³/mol. The zero-order chi connectivity index (χ0) is 16.2. The van der Waals surface area contributed by atoms with E-state index < -0.39 is 0 Å². The Balaban J connectivity index is 1.73. The third-order valence-electron chi connectivity index (χ3n) is 3.65. The second-order valence-corrected chi connectivity index (χ2v) is 6.57. The smallest absolute Gasteiger partial charge is 0.236 e. The number of morpholine rings is 1. The maximum absolute atomic E-state index is 13.4. The molecule has 1 aliphatic heterocycles. The topological polar surface area (TPSA) is 47.4 Å². The second-order valence-electron chi connectivity index (χ2n) is 5.26. The standard InChI is InChI=1S/C16H18FN3O2S/c1-12(15(21)19-7-9-22-10-8-19)23-16-18-5-6-20(16)14-4-2-3-13(17)11-14/h2-6,11-12H,7-10H2,1H3. The number of carbonyl (C=O) groups excluding carboxylic acids is 1. The van der Waals surface area contributed by atoms with E-state index in [1.54, 1.807) is 23.0 Å². The number of nitrogens with zero attached hydrogens (tertiary/aromatic N) is 3. The van der Waals surface area contributed by atoms with E-state index in [4.69, 9.17) is 4.74 Å². The van der Waals surface area contributed by atoms with E-state index in [-0.39, 0.29) is 17.0 Å². The number of thioether (sulfide) groups is 1. The van der Waals surface area contributed by atoms with Crippen LogP contribution in [0.5, 0.6) is 0 Å². The number of hydrogen-bond acceptors (Lipinski definition) is 4. The molecule has 0 radical (unpaired) electrons. The van der Waals surface area contributed by atoms with Crippen LogP contribution in [-0.2, 0) is 9.53 Å². The van der Waals surface area contributed by atoms with E-state index in [0.29, 0.717) is 37.1 Å². The lowest BCUT2D eigenvalue weighted by molar-refractivity contribution is -0.134. The van der Waals surface area contributed by atoms with E-state index in [1.807, 2.05) is 17.9 Å². The summed E-state index contributed by atoms with van der Waals surface area (Å²) in [5.74, 6) is -0.225. The molecule has 1 aromatic carbocycles. The van der Waals surface area contributed by atoms with Gasteiger partial charge in [0.2, 0.25) is 5.91 Å². The zero-order valence-corrected chi connectivity index (χ0v) is 13.6. The van der Waals surface area contributed by atoms with Gasteiger partial charge in [-0.25, -0.2) is 9.37 Å². The van der Waals surface area contributed by atoms with E-state index in [0.717, 1.165) is 0 Å².